The zero-order valence-electron chi connectivity index (χ0n) is 22.6. The van der Waals surface area contributed by atoms with Crippen molar-refractivity contribution in [1.29, 1.82) is 5.41 Å². The van der Waals surface area contributed by atoms with Gasteiger partial charge in [0.15, 0.2) is 0 Å². The molecule has 0 fully saturated rings. The van der Waals surface area contributed by atoms with Crippen LogP contribution < -0.4 is 10.0 Å². The van der Waals surface area contributed by atoms with Crippen LogP contribution in [0.2, 0.25) is 0 Å². The fraction of sp³-hybridized carbons (Fsp3) is 0.276. The van der Waals surface area contributed by atoms with Gasteiger partial charge >= 0.3 is 5.97 Å². The third kappa shape index (κ3) is 6.67. The number of aromatic nitrogens is 2. The molecular weight excluding hydrogens is 528 g/mol. The molecule has 11 heteroatoms. The van der Waals surface area contributed by atoms with E-state index in [1.54, 1.807) is 60.7 Å². The molecule has 0 aliphatic carbocycles. The summed E-state index contributed by atoms with van der Waals surface area (Å²) >= 11 is 0. The van der Waals surface area contributed by atoms with Crippen molar-refractivity contribution >= 4 is 38.5 Å². The zero-order chi connectivity index (χ0) is 28.9. The number of anilines is 1. The van der Waals surface area contributed by atoms with Crippen molar-refractivity contribution in [2.24, 2.45) is 5.73 Å². The second-order valence-electron chi connectivity index (χ2n) is 9.83. The fourth-order valence-electron chi connectivity index (χ4n) is 4.54. The number of nitrogens with zero attached hydrogens (tertiary/aromatic N) is 4. The first-order valence-corrected chi connectivity index (χ1v) is 14.4. The third-order valence-corrected chi connectivity index (χ3v) is 8.41. The molecule has 0 spiro atoms. The summed E-state index contributed by atoms with van der Waals surface area (Å²) in [4.78, 5) is 18.4. The highest BCUT2D eigenvalue weighted by Gasteiger charge is 2.25. The Morgan fingerprint density at radius 3 is 2.35 bits per heavy atom. The smallest absolute Gasteiger partial charge is 0.305 e. The summed E-state index contributed by atoms with van der Waals surface area (Å²) in [6.07, 6.45) is 0.977. The molecule has 210 valence electrons. The van der Waals surface area contributed by atoms with Gasteiger partial charge in [0.25, 0.3) is 10.0 Å². The SMILES string of the molecule is CN(C)CCCN(c1ccc2c(c1)nc(Cc1ccc(C(=N)N)cc1)n2CCC(=O)O)S(=O)(=O)c1ccccc1. The van der Waals surface area contributed by atoms with Crippen molar-refractivity contribution in [1.82, 2.24) is 14.5 Å². The summed E-state index contributed by atoms with van der Waals surface area (Å²) in [6, 6.07) is 20.9. The van der Waals surface area contributed by atoms with Gasteiger partial charge in [0, 0.05) is 25.1 Å². The molecule has 10 nitrogen and oxygen atoms in total. The molecule has 40 heavy (non-hydrogen) atoms. The molecule has 0 saturated carbocycles. The highest BCUT2D eigenvalue weighted by molar-refractivity contribution is 7.92. The Balaban J connectivity index is 1.75. The van der Waals surface area contributed by atoms with Crippen LogP contribution in [-0.2, 0) is 27.8 Å². The molecule has 0 aliphatic rings. The van der Waals surface area contributed by atoms with Crippen LogP contribution in [0.25, 0.3) is 11.0 Å². The van der Waals surface area contributed by atoms with Gasteiger partial charge < -0.3 is 20.3 Å². The summed E-state index contributed by atoms with van der Waals surface area (Å²) in [5.74, 6) is -0.279. The lowest BCUT2D eigenvalue weighted by Crippen LogP contribution is -2.33. The van der Waals surface area contributed by atoms with E-state index in [1.165, 1.54) is 4.31 Å². The molecule has 0 saturated heterocycles. The number of carboxylic acid groups (broad SMARTS) is 1. The van der Waals surface area contributed by atoms with E-state index in [1.807, 2.05) is 35.7 Å². The van der Waals surface area contributed by atoms with E-state index in [4.69, 9.17) is 16.1 Å². The molecule has 4 N–H and O–H groups in total. The molecule has 0 bridgehead atoms. The van der Waals surface area contributed by atoms with E-state index in [-0.39, 0.29) is 30.2 Å². The first-order valence-electron chi connectivity index (χ1n) is 12.9. The van der Waals surface area contributed by atoms with Crippen LogP contribution in [0.15, 0.2) is 77.7 Å². The maximum Gasteiger partial charge on any atom is 0.305 e. The number of hydrogen-bond donors (Lipinski definition) is 3. The number of imidazole rings is 1. The Bertz CT molecular complexity index is 1600. The van der Waals surface area contributed by atoms with Crippen LogP contribution in [-0.4, -0.2) is 67.0 Å². The molecule has 1 heterocycles. The predicted molar refractivity (Wildman–Crippen MR) is 156 cm³/mol. The standard InChI is InChI=1S/C29H34N6O4S/c1-33(2)16-6-17-35(40(38,39)24-7-4-3-5-8-24)23-13-14-26-25(20-23)32-27(34(26)18-15-28(36)37)19-21-9-11-22(12-10-21)29(30)31/h3-5,7-14,20H,6,15-19H2,1-2H3,(H3,30,31)(H,36,37). The van der Waals surface area contributed by atoms with Gasteiger partial charge in [-0.25, -0.2) is 13.4 Å². The third-order valence-electron chi connectivity index (χ3n) is 6.57. The Morgan fingerprint density at radius 1 is 1.02 bits per heavy atom. The number of nitrogen functional groups attached to an aromatic ring is 1. The van der Waals surface area contributed by atoms with Crippen molar-refractivity contribution in [3.63, 3.8) is 0 Å². The second-order valence-corrected chi connectivity index (χ2v) is 11.7. The molecule has 1 aromatic heterocycles. The number of aliphatic carboxylic acids is 1. The Hall–Kier alpha value is -4.22. The number of carbonyl (C=O) groups is 1. The number of nitrogens with two attached hydrogens (primary N) is 1. The van der Waals surface area contributed by atoms with Gasteiger partial charge in [-0.2, -0.15) is 0 Å². The van der Waals surface area contributed by atoms with Crippen molar-refractivity contribution in [3.8, 4) is 0 Å². The molecule has 4 aromatic rings. The number of hydrogen-bond acceptors (Lipinski definition) is 6. The van der Waals surface area contributed by atoms with E-state index in [0.29, 0.717) is 35.4 Å². The minimum atomic E-state index is -3.83. The molecule has 0 atom stereocenters. The summed E-state index contributed by atoms with van der Waals surface area (Å²) in [5, 5.41) is 16.9. The van der Waals surface area contributed by atoms with Crippen molar-refractivity contribution in [2.75, 3.05) is 31.5 Å². The number of benzene rings is 3. The van der Waals surface area contributed by atoms with Gasteiger partial charge in [-0.15, -0.1) is 0 Å². The van der Waals surface area contributed by atoms with E-state index in [2.05, 4.69) is 0 Å². The Morgan fingerprint density at radius 2 is 1.73 bits per heavy atom. The van der Waals surface area contributed by atoms with Crippen LogP contribution in [0.5, 0.6) is 0 Å². The normalized spacial score (nSPS) is 11.7. The van der Waals surface area contributed by atoms with Gasteiger partial charge in [-0.1, -0.05) is 42.5 Å². The first kappa shape index (κ1) is 28.8. The van der Waals surface area contributed by atoms with Gasteiger partial charge in [0.05, 0.1) is 28.0 Å². The number of amidine groups is 1. The lowest BCUT2D eigenvalue weighted by molar-refractivity contribution is -0.137. The van der Waals surface area contributed by atoms with Crippen LogP contribution in [0.4, 0.5) is 5.69 Å². The minimum absolute atomic E-state index is 0.0200. The highest BCUT2D eigenvalue weighted by Crippen LogP contribution is 2.29. The second kappa shape index (κ2) is 12.3. The maximum absolute atomic E-state index is 13.7. The first-order chi connectivity index (χ1) is 19.1. The summed E-state index contributed by atoms with van der Waals surface area (Å²) < 4.78 is 30.7. The lowest BCUT2D eigenvalue weighted by atomic mass is 10.1. The molecule has 4 rings (SSSR count). The largest absolute Gasteiger partial charge is 0.481 e. The van der Waals surface area contributed by atoms with Gasteiger partial charge in [0.2, 0.25) is 0 Å². The topological polar surface area (TPSA) is 146 Å². The van der Waals surface area contributed by atoms with Crippen LogP contribution >= 0.6 is 0 Å². The summed E-state index contributed by atoms with van der Waals surface area (Å²) in [7, 11) is 0.0608. The van der Waals surface area contributed by atoms with Gasteiger partial charge in [-0.3, -0.25) is 14.5 Å². The average Bonchev–Trinajstić information content (AvgIpc) is 3.26. The molecule has 0 radical (unpaired) electrons. The monoisotopic (exact) mass is 562 g/mol. The average molecular weight is 563 g/mol. The fourth-order valence-corrected chi connectivity index (χ4v) is 6.05. The predicted octanol–water partition coefficient (Wildman–Crippen LogP) is 3.53. The van der Waals surface area contributed by atoms with Crippen molar-refractivity contribution in [2.45, 2.75) is 30.7 Å². The number of nitrogens with one attached hydrogen (secondary N) is 1. The molecular formula is C29H34N6O4S. The number of sulfonamides is 1. The van der Waals surface area contributed by atoms with Crippen LogP contribution in [0.3, 0.4) is 0 Å². The number of carboxylic acids is 1. The van der Waals surface area contributed by atoms with Gasteiger partial charge in [-0.05, 0) is 63.0 Å². The quantitative estimate of drug-likeness (QED) is 0.167. The van der Waals surface area contributed by atoms with Crippen LogP contribution in [0.1, 0.15) is 29.8 Å². The lowest BCUT2D eigenvalue weighted by Gasteiger charge is -2.25. The molecule has 3 aromatic carbocycles. The summed E-state index contributed by atoms with van der Waals surface area (Å²) in [6.45, 7) is 1.23. The maximum atomic E-state index is 13.7. The Labute approximate surface area is 234 Å². The van der Waals surface area contributed by atoms with E-state index in [9.17, 15) is 18.3 Å². The van der Waals surface area contributed by atoms with E-state index in [0.717, 1.165) is 17.6 Å². The zero-order valence-corrected chi connectivity index (χ0v) is 23.4. The van der Waals surface area contributed by atoms with Gasteiger partial charge in [0.1, 0.15) is 11.7 Å². The molecule has 0 unspecified atom stereocenters. The minimum Gasteiger partial charge on any atom is -0.481 e. The van der Waals surface area contributed by atoms with Crippen LogP contribution in [0, 0.1) is 5.41 Å². The van der Waals surface area contributed by atoms with Crippen molar-refractivity contribution < 1.29 is 18.3 Å². The molecule has 0 amide bonds. The number of fused-ring (bicyclic) bond motifs is 1. The number of rotatable bonds is 13. The van der Waals surface area contributed by atoms with E-state index >= 15 is 0 Å². The van der Waals surface area contributed by atoms with Crippen molar-refractivity contribution in [3.05, 3.63) is 89.7 Å². The number of aryl methyl sites for hydroxylation is 1. The highest BCUT2D eigenvalue weighted by atomic mass is 32.2. The summed E-state index contributed by atoms with van der Waals surface area (Å²) in [5.41, 5.74) is 8.92. The van der Waals surface area contributed by atoms with E-state index < -0.39 is 16.0 Å². The Kier molecular flexibility index (Phi) is 8.86. The molecule has 0 aliphatic heterocycles.